The van der Waals surface area contributed by atoms with Gasteiger partial charge in [-0.15, -0.1) is 0 Å². The van der Waals surface area contributed by atoms with Crippen LogP contribution in [0.25, 0.3) is 0 Å². The smallest absolute Gasteiger partial charge is 0.326 e. The number of nitrogens with one attached hydrogen (secondary N) is 1. The van der Waals surface area contributed by atoms with Gasteiger partial charge >= 0.3 is 12.0 Å². The summed E-state index contributed by atoms with van der Waals surface area (Å²) in [5.74, 6) is -1.03. The van der Waals surface area contributed by atoms with Crippen molar-refractivity contribution in [1.29, 1.82) is 0 Å². The van der Waals surface area contributed by atoms with Crippen LogP contribution in [0.2, 0.25) is 0 Å². The van der Waals surface area contributed by atoms with Crippen LogP contribution in [0.15, 0.2) is 0 Å². The highest BCUT2D eigenvalue weighted by Crippen LogP contribution is 2.05. The molecule has 0 aromatic rings. The van der Waals surface area contributed by atoms with E-state index in [0.29, 0.717) is 6.42 Å². The first-order valence-electron chi connectivity index (χ1n) is 6.14. The van der Waals surface area contributed by atoms with E-state index in [4.69, 9.17) is 5.11 Å². The van der Waals surface area contributed by atoms with Gasteiger partial charge in [0, 0.05) is 7.05 Å². The highest BCUT2D eigenvalue weighted by Gasteiger charge is 2.24. The molecular weight excluding hydrogens is 236 g/mol. The minimum absolute atomic E-state index is 0.138. The molecule has 0 heterocycles. The van der Waals surface area contributed by atoms with Crippen LogP contribution in [0.3, 0.4) is 0 Å². The predicted octanol–water partition coefficient (Wildman–Crippen LogP) is 1.04. The van der Waals surface area contributed by atoms with Crippen molar-refractivity contribution < 1.29 is 19.8 Å². The van der Waals surface area contributed by atoms with Gasteiger partial charge in [-0.25, -0.2) is 9.59 Å². The highest BCUT2D eigenvalue weighted by molar-refractivity contribution is 5.82. The summed E-state index contributed by atoms with van der Waals surface area (Å²) < 4.78 is 0. The molecule has 0 aliphatic rings. The van der Waals surface area contributed by atoms with Crippen molar-refractivity contribution in [2.75, 3.05) is 13.6 Å². The Kier molecular flexibility index (Phi) is 6.68. The number of carboxylic acid groups (broad SMARTS) is 1. The summed E-state index contributed by atoms with van der Waals surface area (Å²) in [6, 6.07) is -1.36. The fourth-order valence-corrected chi connectivity index (χ4v) is 1.58. The Morgan fingerprint density at radius 2 is 1.94 bits per heavy atom. The molecule has 6 nitrogen and oxygen atoms in total. The van der Waals surface area contributed by atoms with Gasteiger partial charge in [0.1, 0.15) is 6.04 Å². The number of carboxylic acids is 1. The third kappa shape index (κ3) is 7.11. The zero-order valence-corrected chi connectivity index (χ0v) is 11.6. The molecule has 3 N–H and O–H groups in total. The van der Waals surface area contributed by atoms with Gasteiger partial charge in [-0.3, -0.25) is 0 Å². The van der Waals surface area contributed by atoms with Crippen LogP contribution < -0.4 is 5.32 Å². The number of urea groups is 1. The zero-order chi connectivity index (χ0) is 14.3. The second-order valence-corrected chi connectivity index (χ2v) is 5.15. The summed E-state index contributed by atoms with van der Waals surface area (Å²) in [6.07, 6.45) is 2.03. The molecule has 0 aromatic heterocycles. The van der Waals surface area contributed by atoms with E-state index >= 15 is 0 Å². The Morgan fingerprint density at radius 3 is 2.33 bits per heavy atom. The largest absolute Gasteiger partial charge is 0.480 e. The van der Waals surface area contributed by atoms with Crippen molar-refractivity contribution >= 4 is 12.0 Å². The quantitative estimate of drug-likeness (QED) is 0.638. The van der Waals surface area contributed by atoms with Crippen molar-refractivity contribution in [3.63, 3.8) is 0 Å². The van der Waals surface area contributed by atoms with Crippen molar-refractivity contribution in [3.05, 3.63) is 0 Å². The van der Waals surface area contributed by atoms with Gasteiger partial charge in [0.05, 0.1) is 12.1 Å². The topological polar surface area (TPSA) is 89.9 Å². The van der Waals surface area contributed by atoms with Crippen molar-refractivity contribution in [3.8, 4) is 0 Å². The molecule has 1 unspecified atom stereocenters. The lowest BCUT2D eigenvalue weighted by Gasteiger charge is -2.27. The van der Waals surface area contributed by atoms with Crippen LogP contribution in [-0.2, 0) is 4.79 Å². The summed E-state index contributed by atoms with van der Waals surface area (Å²) in [5.41, 5.74) is -1.01. The Morgan fingerprint density at radius 1 is 1.39 bits per heavy atom. The molecule has 1 atom stereocenters. The van der Waals surface area contributed by atoms with Crippen LogP contribution in [0.1, 0.15) is 40.0 Å². The zero-order valence-electron chi connectivity index (χ0n) is 11.6. The monoisotopic (exact) mass is 260 g/mol. The number of aliphatic carboxylic acids is 1. The first kappa shape index (κ1) is 16.7. The molecule has 0 saturated carbocycles. The van der Waals surface area contributed by atoms with Gasteiger partial charge in [0.25, 0.3) is 0 Å². The Labute approximate surface area is 108 Å². The molecule has 0 fully saturated rings. The van der Waals surface area contributed by atoms with Crippen molar-refractivity contribution in [1.82, 2.24) is 10.2 Å². The molecule has 0 aliphatic heterocycles. The lowest BCUT2D eigenvalue weighted by atomic mass is 10.1. The number of unbranched alkanes of at least 4 members (excludes halogenated alkanes) is 1. The van der Waals surface area contributed by atoms with Crippen molar-refractivity contribution in [2.24, 2.45) is 0 Å². The maximum Gasteiger partial charge on any atom is 0.326 e. The third-order valence-electron chi connectivity index (χ3n) is 2.41. The number of rotatable bonds is 7. The summed E-state index contributed by atoms with van der Waals surface area (Å²) in [4.78, 5) is 24.0. The summed E-state index contributed by atoms with van der Waals surface area (Å²) >= 11 is 0. The summed E-state index contributed by atoms with van der Waals surface area (Å²) in [7, 11) is 1.52. The fourth-order valence-electron chi connectivity index (χ4n) is 1.58. The minimum Gasteiger partial charge on any atom is -0.480 e. The van der Waals surface area contributed by atoms with E-state index < -0.39 is 23.6 Å². The molecule has 0 bridgehead atoms. The van der Waals surface area contributed by atoms with Gasteiger partial charge in [0.2, 0.25) is 0 Å². The average molecular weight is 260 g/mol. The number of amides is 2. The fraction of sp³-hybridized carbons (Fsp3) is 0.833. The lowest BCUT2D eigenvalue weighted by molar-refractivity contribution is -0.139. The van der Waals surface area contributed by atoms with E-state index in [-0.39, 0.29) is 6.54 Å². The van der Waals surface area contributed by atoms with E-state index in [1.54, 1.807) is 13.8 Å². The summed E-state index contributed by atoms with van der Waals surface area (Å²) in [6.45, 7) is 5.27. The maximum absolute atomic E-state index is 11.7. The van der Waals surface area contributed by atoms with E-state index in [1.807, 2.05) is 6.92 Å². The number of aliphatic hydroxyl groups is 1. The molecule has 18 heavy (non-hydrogen) atoms. The lowest BCUT2D eigenvalue weighted by Crippen LogP contribution is -2.49. The summed E-state index contributed by atoms with van der Waals surface area (Å²) in [5, 5.41) is 21.0. The number of nitrogens with zero attached hydrogens (tertiary/aromatic N) is 1. The average Bonchev–Trinajstić information content (AvgIpc) is 2.20. The molecule has 106 valence electrons. The molecule has 2 amide bonds. The van der Waals surface area contributed by atoms with Crippen LogP contribution in [0.4, 0.5) is 4.79 Å². The SMILES string of the molecule is CCCCC(NC(=O)N(C)CC(C)(C)O)C(=O)O. The van der Waals surface area contributed by atoms with Gasteiger partial charge in [-0.05, 0) is 20.3 Å². The van der Waals surface area contributed by atoms with Crippen LogP contribution in [0.5, 0.6) is 0 Å². The predicted molar refractivity (Wildman–Crippen MR) is 68.4 cm³/mol. The molecule has 0 aromatic carbocycles. The second kappa shape index (κ2) is 7.20. The van der Waals surface area contributed by atoms with E-state index in [9.17, 15) is 14.7 Å². The molecule has 0 spiro atoms. The molecule has 6 heteroatoms. The second-order valence-electron chi connectivity index (χ2n) is 5.15. The molecule has 0 radical (unpaired) electrons. The maximum atomic E-state index is 11.7. The first-order valence-corrected chi connectivity index (χ1v) is 6.14. The van der Waals surface area contributed by atoms with Crippen LogP contribution in [0, 0.1) is 0 Å². The van der Waals surface area contributed by atoms with E-state index in [0.717, 1.165) is 12.8 Å². The Balaban J connectivity index is 4.36. The first-order chi connectivity index (χ1) is 8.17. The van der Waals surface area contributed by atoms with Crippen LogP contribution >= 0.6 is 0 Å². The highest BCUT2D eigenvalue weighted by atomic mass is 16.4. The molecule has 0 aliphatic carbocycles. The van der Waals surface area contributed by atoms with Gasteiger partial charge in [0.15, 0.2) is 0 Å². The van der Waals surface area contributed by atoms with Gasteiger partial charge in [-0.2, -0.15) is 0 Å². The van der Waals surface area contributed by atoms with Gasteiger partial charge in [-0.1, -0.05) is 19.8 Å². The number of hydrogen-bond donors (Lipinski definition) is 3. The number of hydrogen-bond acceptors (Lipinski definition) is 3. The van der Waals surface area contributed by atoms with E-state index in [1.165, 1.54) is 11.9 Å². The Bertz CT molecular complexity index is 286. The number of carbonyl (C=O) groups is 2. The number of likely N-dealkylation sites (N-methyl/N-ethyl adjacent to an activating group) is 1. The standard InChI is InChI=1S/C12H24N2O4/c1-5-6-7-9(10(15)16)13-11(17)14(4)8-12(2,3)18/h9,18H,5-8H2,1-4H3,(H,13,17)(H,15,16). The minimum atomic E-state index is -1.03. The van der Waals surface area contributed by atoms with E-state index in [2.05, 4.69) is 5.32 Å². The van der Waals surface area contributed by atoms with Crippen molar-refractivity contribution in [2.45, 2.75) is 51.7 Å². The molecule has 0 saturated heterocycles. The molecule has 0 rings (SSSR count). The normalized spacial score (nSPS) is 12.9. The third-order valence-corrected chi connectivity index (χ3v) is 2.41. The van der Waals surface area contributed by atoms with Crippen LogP contribution in [-0.4, -0.2) is 52.3 Å². The van der Waals surface area contributed by atoms with Gasteiger partial charge < -0.3 is 20.4 Å². The molecular formula is C12H24N2O4. The Hall–Kier alpha value is -1.30. The number of carbonyl (C=O) groups excluding carboxylic acids is 1.